The van der Waals surface area contributed by atoms with Gasteiger partial charge in [-0.25, -0.2) is 0 Å². The van der Waals surface area contributed by atoms with E-state index in [1.807, 2.05) is 24.3 Å². The molecule has 0 saturated heterocycles. The molecule has 0 aliphatic heterocycles. The number of carboxylic acid groups (broad SMARTS) is 1. The van der Waals surface area contributed by atoms with Gasteiger partial charge in [-0.05, 0) is 51.0 Å². The summed E-state index contributed by atoms with van der Waals surface area (Å²) in [5, 5.41) is 8.96. The van der Waals surface area contributed by atoms with Crippen molar-refractivity contribution in [2.45, 2.75) is 26.7 Å². The summed E-state index contributed by atoms with van der Waals surface area (Å²) in [7, 11) is 1.61. The highest BCUT2D eigenvalue weighted by Gasteiger charge is 2.26. The maximum absolute atomic E-state index is 10.9. The molecule has 4 heteroatoms. The average Bonchev–Trinajstić information content (AvgIpc) is 2.35. The van der Waals surface area contributed by atoms with Crippen LogP contribution in [0.2, 0.25) is 0 Å². The van der Waals surface area contributed by atoms with Crippen LogP contribution in [0.1, 0.15) is 26.7 Å². The first-order valence-electron chi connectivity index (χ1n) is 5.96. The number of aliphatic carboxylic acids is 1. The van der Waals surface area contributed by atoms with Gasteiger partial charge in [0.1, 0.15) is 11.5 Å². The average molecular weight is 252 g/mol. The molecule has 1 aromatic rings. The van der Waals surface area contributed by atoms with Gasteiger partial charge in [0.15, 0.2) is 0 Å². The zero-order valence-electron chi connectivity index (χ0n) is 11.1. The lowest BCUT2D eigenvalue weighted by Gasteiger charge is -2.18. The van der Waals surface area contributed by atoms with E-state index in [9.17, 15) is 4.79 Å². The van der Waals surface area contributed by atoms with Gasteiger partial charge in [0.25, 0.3) is 0 Å². The summed E-state index contributed by atoms with van der Waals surface area (Å²) in [4.78, 5) is 10.9. The maximum atomic E-state index is 10.9. The first kappa shape index (κ1) is 14.4. The molecule has 100 valence electrons. The molecule has 0 saturated carbocycles. The molecule has 0 bridgehead atoms. The van der Waals surface area contributed by atoms with E-state index in [2.05, 4.69) is 0 Å². The van der Waals surface area contributed by atoms with Crippen LogP contribution < -0.4 is 9.47 Å². The van der Waals surface area contributed by atoms with Gasteiger partial charge < -0.3 is 14.6 Å². The Hall–Kier alpha value is -1.71. The monoisotopic (exact) mass is 252 g/mol. The summed E-state index contributed by atoms with van der Waals surface area (Å²) in [6.45, 7) is 3.97. The zero-order chi connectivity index (χ0) is 13.6. The molecule has 0 spiro atoms. The van der Waals surface area contributed by atoms with Crippen molar-refractivity contribution < 1.29 is 19.4 Å². The Balaban J connectivity index is 2.31. The molecule has 0 fully saturated rings. The second-order valence-electron chi connectivity index (χ2n) is 4.82. The Morgan fingerprint density at radius 3 is 2.28 bits per heavy atom. The Morgan fingerprint density at radius 1 is 1.22 bits per heavy atom. The molecule has 0 unspecified atom stereocenters. The number of hydrogen-bond donors (Lipinski definition) is 1. The summed E-state index contributed by atoms with van der Waals surface area (Å²) in [5.41, 5.74) is -0.691. The molecular weight excluding hydrogens is 232 g/mol. The lowest BCUT2D eigenvalue weighted by molar-refractivity contribution is -0.147. The van der Waals surface area contributed by atoms with E-state index in [-0.39, 0.29) is 0 Å². The van der Waals surface area contributed by atoms with Crippen molar-refractivity contribution in [2.24, 2.45) is 5.41 Å². The fourth-order valence-corrected chi connectivity index (χ4v) is 1.48. The summed E-state index contributed by atoms with van der Waals surface area (Å²) >= 11 is 0. The van der Waals surface area contributed by atoms with E-state index in [4.69, 9.17) is 14.6 Å². The van der Waals surface area contributed by atoms with Crippen LogP contribution in [-0.2, 0) is 4.79 Å². The van der Waals surface area contributed by atoms with Crippen LogP contribution in [0.3, 0.4) is 0 Å². The van der Waals surface area contributed by atoms with E-state index in [1.54, 1.807) is 21.0 Å². The highest BCUT2D eigenvalue weighted by atomic mass is 16.5. The number of carboxylic acids is 1. The van der Waals surface area contributed by atoms with Gasteiger partial charge in [-0.15, -0.1) is 0 Å². The predicted molar refractivity (Wildman–Crippen MR) is 69.1 cm³/mol. The van der Waals surface area contributed by atoms with Crippen molar-refractivity contribution in [3.63, 3.8) is 0 Å². The minimum Gasteiger partial charge on any atom is -0.497 e. The molecule has 0 radical (unpaired) electrons. The van der Waals surface area contributed by atoms with Crippen molar-refractivity contribution >= 4 is 5.97 Å². The van der Waals surface area contributed by atoms with Gasteiger partial charge >= 0.3 is 5.97 Å². The van der Waals surface area contributed by atoms with E-state index in [0.29, 0.717) is 19.4 Å². The summed E-state index contributed by atoms with van der Waals surface area (Å²) in [6.07, 6.45) is 1.31. The molecule has 0 heterocycles. The number of hydrogen-bond acceptors (Lipinski definition) is 3. The van der Waals surface area contributed by atoms with Gasteiger partial charge in [-0.1, -0.05) is 0 Å². The van der Waals surface area contributed by atoms with Crippen LogP contribution in [0, 0.1) is 5.41 Å². The Labute approximate surface area is 108 Å². The highest BCUT2D eigenvalue weighted by Crippen LogP contribution is 2.23. The van der Waals surface area contributed by atoms with E-state index >= 15 is 0 Å². The third kappa shape index (κ3) is 4.28. The van der Waals surface area contributed by atoms with Crippen LogP contribution >= 0.6 is 0 Å². The first-order chi connectivity index (χ1) is 8.45. The van der Waals surface area contributed by atoms with Crippen molar-refractivity contribution in [1.29, 1.82) is 0 Å². The van der Waals surface area contributed by atoms with Gasteiger partial charge in [0, 0.05) is 0 Å². The van der Waals surface area contributed by atoms with Gasteiger partial charge in [-0.3, -0.25) is 4.79 Å². The van der Waals surface area contributed by atoms with Crippen LogP contribution in [-0.4, -0.2) is 24.8 Å². The minimum atomic E-state index is -0.771. The molecule has 1 N–H and O–H groups in total. The molecule has 0 aromatic heterocycles. The standard InChI is InChI=1S/C14H20O4/c1-14(2,13(15)16)9-4-10-18-12-7-5-11(17-3)6-8-12/h5-8H,4,9-10H2,1-3H3,(H,15,16). The molecule has 4 nitrogen and oxygen atoms in total. The van der Waals surface area contributed by atoms with E-state index < -0.39 is 11.4 Å². The number of rotatable bonds is 7. The van der Waals surface area contributed by atoms with Gasteiger partial charge in [-0.2, -0.15) is 0 Å². The largest absolute Gasteiger partial charge is 0.497 e. The van der Waals surface area contributed by atoms with Crippen LogP contribution in [0.15, 0.2) is 24.3 Å². The molecule has 0 atom stereocenters. The third-order valence-electron chi connectivity index (χ3n) is 2.85. The highest BCUT2D eigenvalue weighted by molar-refractivity contribution is 5.73. The number of ether oxygens (including phenoxy) is 2. The molecule has 0 amide bonds. The normalized spacial score (nSPS) is 11.1. The van der Waals surface area contributed by atoms with Gasteiger partial charge in [0.2, 0.25) is 0 Å². The topological polar surface area (TPSA) is 55.8 Å². The van der Waals surface area contributed by atoms with Crippen LogP contribution in [0.25, 0.3) is 0 Å². The Kier molecular flexibility index (Phi) is 5.01. The smallest absolute Gasteiger partial charge is 0.309 e. The zero-order valence-corrected chi connectivity index (χ0v) is 11.1. The van der Waals surface area contributed by atoms with Gasteiger partial charge in [0.05, 0.1) is 19.1 Å². The van der Waals surface area contributed by atoms with Crippen molar-refractivity contribution in [2.75, 3.05) is 13.7 Å². The molecule has 0 aliphatic rings. The van der Waals surface area contributed by atoms with E-state index in [1.165, 1.54) is 0 Å². The maximum Gasteiger partial charge on any atom is 0.309 e. The van der Waals surface area contributed by atoms with Crippen LogP contribution in [0.5, 0.6) is 11.5 Å². The summed E-state index contributed by atoms with van der Waals surface area (Å²) in [6, 6.07) is 7.33. The Morgan fingerprint density at radius 2 is 1.78 bits per heavy atom. The number of carbonyl (C=O) groups is 1. The number of methoxy groups -OCH3 is 1. The third-order valence-corrected chi connectivity index (χ3v) is 2.85. The summed E-state index contributed by atoms with van der Waals surface area (Å²) < 4.78 is 10.6. The minimum absolute atomic E-state index is 0.517. The van der Waals surface area contributed by atoms with Crippen molar-refractivity contribution in [3.8, 4) is 11.5 Å². The fourth-order valence-electron chi connectivity index (χ4n) is 1.48. The lowest BCUT2D eigenvalue weighted by Crippen LogP contribution is -2.24. The Bertz CT molecular complexity index is 381. The second-order valence-corrected chi connectivity index (χ2v) is 4.82. The molecular formula is C14H20O4. The van der Waals surface area contributed by atoms with Crippen molar-refractivity contribution in [1.82, 2.24) is 0 Å². The molecule has 18 heavy (non-hydrogen) atoms. The summed E-state index contributed by atoms with van der Waals surface area (Å²) in [5.74, 6) is 0.783. The van der Waals surface area contributed by atoms with Crippen LogP contribution in [0.4, 0.5) is 0 Å². The molecule has 0 aliphatic carbocycles. The number of benzene rings is 1. The quantitative estimate of drug-likeness (QED) is 0.758. The van der Waals surface area contributed by atoms with Crippen molar-refractivity contribution in [3.05, 3.63) is 24.3 Å². The lowest BCUT2D eigenvalue weighted by atomic mass is 9.88. The molecule has 1 rings (SSSR count). The molecule has 1 aromatic carbocycles. The fraction of sp³-hybridized carbons (Fsp3) is 0.500. The van der Waals surface area contributed by atoms with E-state index in [0.717, 1.165) is 11.5 Å². The predicted octanol–water partition coefficient (Wildman–Crippen LogP) is 2.97. The first-order valence-corrected chi connectivity index (χ1v) is 5.96. The SMILES string of the molecule is COc1ccc(OCCCC(C)(C)C(=O)O)cc1. The second kappa shape index (κ2) is 6.28.